The maximum Gasteiger partial charge on any atom is 0.237 e. The molecule has 5 nitrogen and oxygen atoms in total. The first-order chi connectivity index (χ1) is 13.1. The molecule has 140 valence electrons. The Balaban J connectivity index is 1.86. The Morgan fingerprint density at radius 2 is 2.04 bits per heavy atom. The first kappa shape index (κ1) is 17.7. The minimum atomic E-state index is -0.749. The molecule has 2 atom stereocenters. The molecule has 4 rings (SSSR count). The molecule has 2 aliphatic heterocycles. The van der Waals surface area contributed by atoms with Crippen LogP contribution in [0.15, 0.2) is 48.8 Å². The maximum atomic E-state index is 13.3. The fraction of sp³-hybridized carbons (Fsp3) is 0.409. The van der Waals surface area contributed by atoms with Crippen LogP contribution in [0.1, 0.15) is 50.3 Å². The number of amides is 2. The standard InChI is InChI=1S/C22H25N3O2/c1-3-15(4-2)20(26)25-13-11-22(19(25)16-8-7-12-23-14-16)17-9-5-6-10-18(17)24-21(22)27/h5-10,12,14-15,19H,3-4,11,13H2,1-2H3,(H,24,27). The van der Waals surface area contributed by atoms with Crippen LogP contribution >= 0.6 is 0 Å². The molecule has 1 spiro atoms. The highest BCUT2D eigenvalue weighted by atomic mass is 16.2. The Morgan fingerprint density at radius 1 is 1.26 bits per heavy atom. The smallest absolute Gasteiger partial charge is 0.237 e. The number of nitrogens with one attached hydrogen (secondary N) is 1. The van der Waals surface area contributed by atoms with Crippen LogP contribution in [0.4, 0.5) is 5.69 Å². The summed E-state index contributed by atoms with van der Waals surface area (Å²) in [5.74, 6) is 0.110. The summed E-state index contributed by atoms with van der Waals surface area (Å²) in [6.45, 7) is 4.68. The van der Waals surface area contributed by atoms with Crippen LogP contribution in [-0.2, 0) is 15.0 Å². The summed E-state index contributed by atoms with van der Waals surface area (Å²) in [4.78, 5) is 32.8. The molecule has 0 radical (unpaired) electrons. The van der Waals surface area contributed by atoms with Crippen molar-refractivity contribution >= 4 is 17.5 Å². The van der Waals surface area contributed by atoms with Gasteiger partial charge in [0, 0.05) is 30.5 Å². The van der Waals surface area contributed by atoms with Crippen molar-refractivity contribution in [3.8, 4) is 0 Å². The predicted octanol–water partition coefficient (Wildman–Crippen LogP) is 3.68. The van der Waals surface area contributed by atoms with E-state index < -0.39 is 5.41 Å². The van der Waals surface area contributed by atoms with Gasteiger partial charge in [-0.1, -0.05) is 38.1 Å². The van der Waals surface area contributed by atoms with Crippen LogP contribution < -0.4 is 5.32 Å². The fourth-order valence-electron chi connectivity index (χ4n) is 4.80. The van der Waals surface area contributed by atoms with Crippen molar-refractivity contribution in [3.05, 3.63) is 59.9 Å². The van der Waals surface area contributed by atoms with Crippen LogP contribution in [0.5, 0.6) is 0 Å². The Labute approximate surface area is 159 Å². The largest absolute Gasteiger partial charge is 0.334 e. The Kier molecular flexibility index (Phi) is 4.46. The summed E-state index contributed by atoms with van der Waals surface area (Å²) < 4.78 is 0. The highest BCUT2D eigenvalue weighted by molar-refractivity contribution is 6.07. The van der Waals surface area contributed by atoms with Crippen molar-refractivity contribution in [2.75, 3.05) is 11.9 Å². The van der Waals surface area contributed by atoms with E-state index >= 15 is 0 Å². The number of pyridine rings is 1. The van der Waals surface area contributed by atoms with Crippen molar-refractivity contribution in [1.29, 1.82) is 0 Å². The zero-order chi connectivity index (χ0) is 19.0. The van der Waals surface area contributed by atoms with Gasteiger partial charge < -0.3 is 10.2 Å². The van der Waals surface area contributed by atoms with E-state index in [-0.39, 0.29) is 23.8 Å². The van der Waals surface area contributed by atoms with Crippen LogP contribution in [0.3, 0.4) is 0 Å². The summed E-state index contributed by atoms with van der Waals surface area (Å²) in [5.41, 5.74) is 2.01. The molecule has 1 aromatic heterocycles. The lowest BCUT2D eigenvalue weighted by Gasteiger charge is -2.35. The van der Waals surface area contributed by atoms with Gasteiger partial charge in [0.05, 0.1) is 6.04 Å². The van der Waals surface area contributed by atoms with Crippen molar-refractivity contribution < 1.29 is 9.59 Å². The molecule has 0 aliphatic carbocycles. The minimum absolute atomic E-state index is 0.0148. The van der Waals surface area contributed by atoms with Crippen LogP contribution in [0.2, 0.25) is 0 Å². The van der Waals surface area contributed by atoms with Crippen molar-refractivity contribution in [2.45, 2.75) is 44.6 Å². The van der Waals surface area contributed by atoms with Crippen molar-refractivity contribution in [3.63, 3.8) is 0 Å². The van der Waals surface area contributed by atoms with Crippen LogP contribution in [0.25, 0.3) is 0 Å². The van der Waals surface area contributed by atoms with E-state index in [1.54, 1.807) is 12.4 Å². The Hall–Kier alpha value is -2.69. The van der Waals surface area contributed by atoms with Gasteiger partial charge in [0.15, 0.2) is 0 Å². The van der Waals surface area contributed by atoms with E-state index in [4.69, 9.17) is 0 Å². The fourth-order valence-corrected chi connectivity index (χ4v) is 4.80. The maximum absolute atomic E-state index is 13.3. The first-order valence-electron chi connectivity index (χ1n) is 9.74. The molecular formula is C22H25N3O2. The molecule has 5 heteroatoms. The molecule has 2 aromatic rings. The molecule has 2 aliphatic rings. The van der Waals surface area contributed by atoms with Crippen LogP contribution in [0, 0.1) is 5.92 Å². The average Bonchev–Trinajstić information content (AvgIpc) is 3.23. The number of hydrogen-bond donors (Lipinski definition) is 1. The number of fused-ring (bicyclic) bond motifs is 2. The number of hydrogen-bond acceptors (Lipinski definition) is 3. The van der Waals surface area contributed by atoms with Gasteiger partial charge in [0.1, 0.15) is 5.41 Å². The Morgan fingerprint density at radius 3 is 2.74 bits per heavy atom. The van der Waals surface area contributed by atoms with Crippen LogP contribution in [-0.4, -0.2) is 28.2 Å². The number of rotatable bonds is 4. The average molecular weight is 363 g/mol. The number of para-hydroxylation sites is 1. The van der Waals surface area contributed by atoms with Crippen molar-refractivity contribution in [2.24, 2.45) is 5.92 Å². The lowest BCUT2D eigenvalue weighted by Crippen LogP contribution is -2.44. The summed E-state index contributed by atoms with van der Waals surface area (Å²) in [7, 11) is 0. The molecule has 1 saturated heterocycles. The monoisotopic (exact) mass is 363 g/mol. The van der Waals surface area contributed by atoms with Gasteiger partial charge in [-0.05, 0) is 42.5 Å². The third kappa shape index (κ3) is 2.56. The van der Waals surface area contributed by atoms with E-state index in [1.165, 1.54) is 0 Å². The first-order valence-corrected chi connectivity index (χ1v) is 9.74. The Bertz CT molecular complexity index is 863. The molecular weight excluding hydrogens is 338 g/mol. The van der Waals surface area contributed by atoms with Crippen molar-refractivity contribution in [1.82, 2.24) is 9.88 Å². The number of carbonyl (C=O) groups is 2. The minimum Gasteiger partial charge on any atom is -0.334 e. The topological polar surface area (TPSA) is 62.3 Å². The highest BCUT2D eigenvalue weighted by Crippen LogP contribution is 2.54. The molecule has 1 fully saturated rings. The van der Waals surface area contributed by atoms with Gasteiger partial charge in [-0.25, -0.2) is 0 Å². The summed E-state index contributed by atoms with van der Waals surface area (Å²) in [5, 5.41) is 3.05. The third-order valence-electron chi connectivity index (χ3n) is 6.20. The molecule has 0 bridgehead atoms. The van der Waals surface area contributed by atoms with E-state index in [0.717, 1.165) is 29.7 Å². The number of anilines is 1. The summed E-state index contributed by atoms with van der Waals surface area (Å²) >= 11 is 0. The summed E-state index contributed by atoms with van der Waals surface area (Å²) in [6.07, 6.45) is 5.75. The molecule has 2 amide bonds. The highest BCUT2D eigenvalue weighted by Gasteiger charge is 2.59. The third-order valence-corrected chi connectivity index (χ3v) is 6.20. The van der Waals surface area contributed by atoms with Gasteiger partial charge in [-0.15, -0.1) is 0 Å². The second kappa shape index (κ2) is 6.80. The summed E-state index contributed by atoms with van der Waals surface area (Å²) in [6, 6.07) is 11.4. The van der Waals surface area contributed by atoms with Gasteiger partial charge >= 0.3 is 0 Å². The van der Waals surface area contributed by atoms with Gasteiger partial charge in [0.2, 0.25) is 11.8 Å². The quantitative estimate of drug-likeness (QED) is 0.901. The van der Waals surface area contributed by atoms with E-state index in [0.29, 0.717) is 13.0 Å². The number of likely N-dealkylation sites (tertiary alicyclic amines) is 1. The zero-order valence-corrected chi connectivity index (χ0v) is 15.8. The molecule has 0 saturated carbocycles. The number of carbonyl (C=O) groups excluding carboxylic acids is 2. The lowest BCUT2D eigenvalue weighted by atomic mass is 9.73. The van der Waals surface area contributed by atoms with E-state index in [1.807, 2.05) is 41.3 Å². The molecule has 1 aromatic carbocycles. The SMILES string of the molecule is CCC(CC)C(=O)N1CCC2(C(=O)Nc3ccccc32)C1c1cccnc1. The molecule has 3 heterocycles. The normalized spacial score (nSPS) is 23.7. The molecule has 1 N–H and O–H groups in total. The van der Waals surface area contributed by atoms with E-state index in [9.17, 15) is 9.59 Å². The second-order valence-corrected chi connectivity index (χ2v) is 7.46. The second-order valence-electron chi connectivity index (χ2n) is 7.46. The predicted molar refractivity (Wildman–Crippen MR) is 104 cm³/mol. The number of benzene rings is 1. The van der Waals surface area contributed by atoms with Gasteiger partial charge in [-0.3, -0.25) is 14.6 Å². The number of aromatic nitrogens is 1. The lowest BCUT2D eigenvalue weighted by molar-refractivity contribution is -0.137. The van der Waals surface area contributed by atoms with E-state index in [2.05, 4.69) is 24.1 Å². The molecule has 2 unspecified atom stereocenters. The zero-order valence-electron chi connectivity index (χ0n) is 15.8. The molecule has 27 heavy (non-hydrogen) atoms. The van der Waals surface area contributed by atoms with Gasteiger partial charge in [0.25, 0.3) is 0 Å². The van der Waals surface area contributed by atoms with Gasteiger partial charge in [-0.2, -0.15) is 0 Å². The number of nitrogens with zero attached hydrogens (tertiary/aromatic N) is 2.